The van der Waals surface area contributed by atoms with Gasteiger partial charge in [-0.25, -0.2) is 0 Å². The summed E-state index contributed by atoms with van der Waals surface area (Å²) in [7, 11) is 0. The maximum absolute atomic E-state index is 10.3. The monoisotopic (exact) mass is 368 g/mol. The molecule has 0 bridgehead atoms. The SMILES string of the molecule is C=C[C@@H]1O[C@]2(C)C[C@]3(C)O[C@]4(C)CC[C@@H](CO)O[C@H]4C[C@H]3O[C@H]2C[C@H]1O. The van der Waals surface area contributed by atoms with E-state index in [4.69, 9.17) is 18.9 Å². The summed E-state index contributed by atoms with van der Waals surface area (Å²) in [4.78, 5) is 0. The first kappa shape index (κ1) is 18.8. The van der Waals surface area contributed by atoms with E-state index in [9.17, 15) is 10.2 Å². The predicted octanol–water partition coefficient (Wildman–Crippen LogP) is 1.72. The van der Waals surface area contributed by atoms with Crippen molar-refractivity contribution in [2.45, 2.75) is 106 Å². The zero-order valence-electron chi connectivity index (χ0n) is 16.0. The van der Waals surface area contributed by atoms with Crippen LogP contribution in [0.3, 0.4) is 0 Å². The Bertz CT molecular complexity index is 569. The zero-order valence-corrected chi connectivity index (χ0v) is 16.0. The molecule has 0 aromatic rings. The van der Waals surface area contributed by atoms with Crippen molar-refractivity contribution in [3.63, 3.8) is 0 Å². The van der Waals surface area contributed by atoms with Gasteiger partial charge in [0.15, 0.2) is 0 Å². The summed E-state index contributed by atoms with van der Waals surface area (Å²) in [6.45, 7) is 10.1. The van der Waals surface area contributed by atoms with Crippen molar-refractivity contribution in [2.75, 3.05) is 6.61 Å². The van der Waals surface area contributed by atoms with Crippen LogP contribution < -0.4 is 0 Å². The normalized spacial score (nSPS) is 56.8. The lowest BCUT2D eigenvalue weighted by atomic mass is 9.70. The van der Waals surface area contributed by atoms with Crippen LogP contribution in [0.5, 0.6) is 0 Å². The molecule has 4 aliphatic rings. The van der Waals surface area contributed by atoms with Crippen LogP contribution in [-0.4, -0.2) is 70.2 Å². The van der Waals surface area contributed by atoms with Gasteiger partial charge in [0.2, 0.25) is 0 Å². The molecule has 0 radical (unpaired) electrons. The van der Waals surface area contributed by atoms with Gasteiger partial charge in [-0.3, -0.25) is 0 Å². The van der Waals surface area contributed by atoms with Gasteiger partial charge in [-0.05, 0) is 33.6 Å². The second-order valence-electron chi connectivity index (χ2n) is 9.16. The Kier molecular flexibility index (Phi) is 4.54. The van der Waals surface area contributed by atoms with E-state index in [-0.39, 0.29) is 42.7 Å². The number of fused-ring (bicyclic) bond motifs is 3. The third kappa shape index (κ3) is 2.86. The van der Waals surface area contributed by atoms with E-state index >= 15 is 0 Å². The molecule has 4 fully saturated rings. The second kappa shape index (κ2) is 6.26. The molecule has 4 rings (SSSR count). The van der Waals surface area contributed by atoms with Gasteiger partial charge >= 0.3 is 0 Å². The smallest absolute Gasteiger partial charge is 0.102 e. The fourth-order valence-corrected chi connectivity index (χ4v) is 5.52. The summed E-state index contributed by atoms with van der Waals surface area (Å²) in [5.41, 5.74) is -1.37. The summed E-state index contributed by atoms with van der Waals surface area (Å²) in [6.07, 6.45) is 3.80. The predicted molar refractivity (Wildman–Crippen MR) is 94.9 cm³/mol. The molecular weight excluding hydrogens is 336 g/mol. The number of rotatable bonds is 2. The molecule has 148 valence electrons. The van der Waals surface area contributed by atoms with Crippen LogP contribution in [0.4, 0.5) is 0 Å². The number of ether oxygens (including phenoxy) is 4. The van der Waals surface area contributed by atoms with Crippen LogP contribution in [0.1, 0.15) is 52.9 Å². The van der Waals surface area contributed by atoms with E-state index in [1.165, 1.54) is 0 Å². The van der Waals surface area contributed by atoms with Crippen LogP contribution in [-0.2, 0) is 18.9 Å². The van der Waals surface area contributed by atoms with Crippen molar-refractivity contribution >= 4 is 0 Å². The van der Waals surface area contributed by atoms with Gasteiger partial charge in [-0.2, -0.15) is 0 Å². The zero-order chi connectivity index (χ0) is 18.7. The summed E-state index contributed by atoms with van der Waals surface area (Å²) < 4.78 is 25.4. The fourth-order valence-electron chi connectivity index (χ4n) is 5.52. The second-order valence-corrected chi connectivity index (χ2v) is 9.16. The average Bonchev–Trinajstić information content (AvgIpc) is 2.57. The molecule has 2 N–H and O–H groups in total. The molecule has 4 aliphatic heterocycles. The molecule has 6 nitrogen and oxygen atoms in total. The van der Waals surface area contributed by atoms with Crippen LogP contribution in [0, 0.1) is 0 Å². The van der Waals surface area contributed by atoms with Crippen LogP contribution in [0.25, 0.3) is 0 Å². The lowest BCUT2D eigenvalue weighted by Gasteiger charge is -2.62. The molecule has 26 heavy (non-hydrogen) atoms. The Morgan fingerprint density at radius 1 is 1.04 bits per heavy atom. The van der Waals surface area contributed by atoms with Gasteiger partial charge in [0, 0.05) is 19.3 Å². The molecule has 0 unspecified atom stereocenters. The van der Waals surface area contributed by atoms with Gasteiger partial charge in [-0.15, -0.1) is 6.58 Å². The third-order valence-corrected chi connectivity index (χ3v) is 6.96. The summed E-state index contributed by atoms with van der Waals surface area (Å²) >= 11 is 0. The van der Waals surface area contributed by atoms with E-state index in [1.807, 2.05) is 0 Å². The van der Waals surface area contributed by atoms with Crippen molar-refractivity contribution in [1.29, 1.82) is 0 Å². The molecule has 4 saturated heterocycles. The van der Waals surface area contributed by atoms with E-state index in [1.54, 1.807) is 6.08 Å². The quantitative estimate of drug-likeness (QED) is 0.723. The highest BCUT2D eigenvalue weighted by Gasteiger charge is 2.62. The Morgan fingerprint density at radius 2 is 1.73 bits per heavy atom. The molecule has 4 heterocycles. The Hall–Kier alpha value is -0.500. The molecule has 0 spiro atoms. The number of hydrogen-bond acceptors (Lipinski definition) is 6. The van der Waals surface area contributed by atoms with Crippen molar-refractivity contribution in [3.05, 3.63) is 12.7 Å². The maximum Gasteiger partial charge on any atom is 0.102 e. The highest BCUT2D eigenvalue weighted by atomic mass is 16.6. The molecule has 0 aromatic heterocycles. The molecule has 0 aromatic carbocycles. The minimum atomic E-state index is -0.602. The standard InChI is InChI=1S/C20H32O6/c1-5-14-13(22)8-15-19(3,25-14)11-20(4)17(24-15)9-16-18(2,26-20)7-6-12(10-21)23-16/h5,12-17,21-22H,1,6-11H2,2-4H3/t12-,13+,14-,15-,16-,17+,18+,19+,20-/m0/s1. The van der Waals surface area contributed by atoms with Crippen LogP contribution in [0.15, 0.2) is 12.7 Å². The highest BCUT2D eigenvalue weighted by Crippen LogP contribution is 2.53. The minimum Gasteiger partial charge on any atom is -0.394 e. The van der Waals surface area contributed by atoms with E-state index in [0.717, 1.165) is 19.3 Å². The highest BCUT2D eigenvalue weighted by molar-refractivity contribution is 5.12. The lowest BCUT2D eigenvalue weighted by molar-refractivity contribution is -0.366. The van der Waals surface area contributed by atoms with Gasteiger partial charge in [-0.1, -0.05) is 6.08 Å². The Morgan fingerprint density at radius 3 is 2.42 bits per heavy atom. The van der Waals surface area contributed by atoms with Crippen molar-refractivity contribution < 1.29 is 29.2 Å². The largest absolute Gasteiger partial charge is 0.394 e. The van der Waals surface area contributed by atoms with Crippen molar-refractivity contribution in [1.82, 2.24) is 0 Å². The van der Waals surface area contributed by atoms with Gasteiger partial charge in [0.1, 0.15) is 6.10 Å². The van der Waals surface area contributed by atoms with E-state index in [0.29, 0.717) is 12.8 Å². The molecule has 9 atom stereocenters. The first-order valence-electron chi connectivity index (χ1n) is 9.82. The van der Waals surface area contributed by atoms with Crippen molar-refractivity contribution in [2.24, 2.45) is 0 Å². The van der Waals surface area contributed by atoms with E-state index < -0.39 is 17.3 Å². The van der Waals surface area contributed by atoms with Gasteiger partial charge in [0.05, 0.1) is 53.9 Å². The van der Waals surface area contributed by atoms with Gasteiger partial charge < -0.3 is 29.2 Å². The summed E-state index contributed by atoms with van der Waals surface area (Å²) in [5.74, 6) is 0. The van der Waals surface area contributed by atoms with E-state index in [2.05, 4.69) is 27.4 Å². The Balaban J connectivity index is 1.58. The lowest BCUT2D eigenvalue weighted by Crippen LogP contribution is -2.72. The summed E-state index contributed by atoms with van der Waals surface area (Å²) in [5, 5.41) is 19.8. The van der Waals surface area contributed by atoms with Crippen LogP contribution in [0.2, 0.25) is 0 Å². The Labute approximate surface area is 155 Å². The topological polar surface area (TPSA) is 77.4 Å². The first-order chi connectivity index (χ1) is 12.2. The minimum absolute atomic E-state index is 0.0407. The maximum atomic E-state index is 10.3. The molecule has 0 amide bonds. The molecular formula is C20H32O6. The van der Waals surface area contributed by atoms with Gasteiger partial charge in [0.25, 0.3) is 0 Å². The average molecular weight is 368 g/mol. The number of aliphatic hydroxyl groups excluding tert-OH is 2. The van der Waals surface area contributed by atoms with Crippen LogP contribution >= 0.6 is 0 Å². The van der Waals surface area contributed by atoms with Crippen molar-refractivity contribution in [3.8, 4) is 0 Å². The number of hydrogen-bond donors (Lipinski definition) is 2. The molecule has 6 heteroatoms. The number of aliphatic hydroxyl groups is 2. The fraction of sp³-hybridized carbons (Fsp3) is 0.900. The molecule has 0 saturated carbocycles. The summed E-state index contributed by atoms with van der Waals surface area (Å²) in [6, 6.07) is 0. The first-order valence-corrected chi connectivity index (χ1v) is 9.82. The third-order valence-electron chi connectivity index (χ3n) is 6.96. The molecule has 0 aliphatic carbocycles.